The molecule has 2 aromatic heterocycles. The Bertz CT molecular complexity index is 1240. The number of carbonyl (C=O) groups is 1. The Balaban J connectivity index is 2.32. The van der Waals surface area contributed by atoms with Gasteiger partial charge in [0.05, 0.1) is 18.4 Å². The van der Waals surface area contributed by atoms with E-state index in [1.165, 1.54) is 37.6 Å². The summed E-state index contributed by atoms with van der Waals surface area (Å²) in [6.07, 6.45) is -2.45. The highest BCUT2D eigenvalue weighted by molar-refractivity contribution is 7.90. The number of carbonyl (C=O) groups excluding carboxylic acids is 1. The first-order valence-corrected chi connectivity index (χ1v) is 11.1. The number of esters is 1. The van der Waals surface area contributed by atoms with Crippen LogP contribution in [-0.4, -0.2) is 44.3 Å². The molecule has 0 aliphatic heterocycles. The molecule has 8 nitrogen and oxygen atoms in total. The van der Waals surface area contributed by atoms with E-state index in [0.29, 0.717) is 0 Å². The second-order valence-electron chi connectivity index (χ2n) is 6.63. The van der Waals surface area contributed by atoms with Gasteiger partial charge in [0.1, 0.15) is 11.3 Å². The van der Waals surface area contributed by atoms with Crippen LogP contribution in [0.2, 0.25) is 0 Å². The summed E-state index contributed by atoms with van der Waals surface area (Å²) in [5, 5.41) is -0.634. The number of hydrogen-bond donors (Lipinski definition) is 0. The summed E-state index contributed by atoms with van der Waals surface area (Å²) >= 11 is 0. The molecular formula is C20H18F3N3O5S. The molecule has 0 aliphatic carbocycles. The number of nitrogens with zero attached hydrogens (tertiary/aromatic N) is 3. The standard InChI is InChI=1S/C20H18F3N3O5S/c1-4-30-18(27)15-16(14-9-6-10-31-14)24-19(32(3,28)29)25-17(15)26(2)13-8-5-7-12(11-13)20(21,22)23/h5-11H,4H2,1-3H3. The van der Waals surface area contributed by atoms with Gasteiger partial charge in [-0.1, -0.05) is 6.07 Å². The van der Waals surface area contributed by atoms with Gasteiger partial charge in [-0.3, -0.25) is 0 Å². The van der Waals surface area contributed by atoms with Crippen LogP contribution in [0.15, 0.2) is 52.2 Å². The first kappa shape index (κ1) is 23.3. The number of alkyl halides is 3. The molecule has 12 heteroatoms. The third kappa shape index (κ3) is 4.74. The van der Waals surface area contributed by atoms with Crippen molar-refractivity contribution in [1.82, 2.24) is 9.97 Å². The molecule has 0 saturated heterocycles. The Kier molecular flexibility index (Phi) is 6.26. The van der Waals surface area contributed by atoms with Crippen LogP contribution in [0.25, 0.3) is 11.5 Å². The van der Waals surface area contributed by atoms with E-state index in [2.05, 4.69) is 9.97 Å². The van der Waals surface area contributed by atoms with Crippen molar-refractivity contribution < 1.29 is 35.5 Å². The van der Waals surface area contributed by atoms with Gasteiger partial charge in [0.2, 0.25) is 15.0 Å². The molecule has 3 rings (SSSR count). The minimum absolute atomic E-state index is 0.00826. The van der Waals surface area contributed by atoms with E-state index in [0.717, 1.165) is 23.3 Å². The number of rotatable bonds is 6. The average molecular weight is 469 g/mol. The fourth-order valence-electron chi connectivity index (χ4n) is 2.83. The van der Waals surface area contributed by atoms with E-state index in [-0.39, 0.29) is 35.1 Å². The van der Waals surface area contributed by atoms with Crippen LogP contribution in [0.1, 0.15) is 22.8 Å². The first-order chi connectivity index (χ1) is 14.9. The monoisotopic (exact) mass is 469 g/mol. The maximum atomic E-state index is 13.2. The summed E-state index contributed by atoms with van der Waals surface area (Å²) in [7, 11) is -2.62. The van der Waals surface area contributed by atoms with Crippen molar-refractivity contribution in [2.24, 2.45) is 0 Å². The lowest BCUT2D eigenvalue weighted by Crippen LogP contribution is -2.21. The number of sulfone groups is 1. The van der Waals surface area contributed by atoms with E-state index in [1.807, 2.05) is 0 Å². The van der Waals surface area contributed by atoms with Gasteiger partial charge in [0, 0.05) is 19.0 Å². The van der Waals surface area contributed by atoms with Crippen molar-refractivity contribution in [3.05, 3.63) is 53.8 Å². The molecular weight excluding hydrogens is 451 g/mol. The number of halogens is 3. The second kappa shape index (κ2) is 8.61. The predicted octanol–water partition coefficient (Wildman–Crippen LogP) is 4.10. The molecule has 3 aromatic rings. The first-order valence-electron chi connectivity index (χ1n) is 9.17. The molecule has 0 unspecified atom stereocenters. The Labute approximate surface area is 181 Å². The Morgan fingerprint density at radius 2 is 1.91 bits per heavy atom. The van der Waals surface area contributed by atoms with Crippen molar-refractivity contribution in [2.45, 2.75) is 18.3 Å². The molecule has 32 heavy (non-hydrogen) atoms. The fourth-order valence-corrected chi connectivity index (χ4v) is 3.34. The lowest BCUT2D eigenvalue weighted by Gasteiger charge is -2.23. The van der Waals surface area contributed by atoms with Gasteiger partial charge >= 0.3 is 12.1 Å². The highest BCUT2D eigenvalue weighted by Crippen LogP contribution is 2.36. The Morgan fingerprint density at radius 1 is 1.19 bits per heavy atom. The van der Waals surface area contributed by atoms with E-state index >= 15 is 0 Å². The summed E-state index contributed by atoms with van der Waals surface area (Å²) in [6, 6.07) is 7.24. The Hall–Kier alpha value is -3.41. The molecule has 0 spiro atoms. The summed E-state index contributed by atoms with van der Waals surface area (Å²) in [6.45, 7) is 1.54. The maximum absolute atomic E-state index is 13.2. The summed E-state index contributed by atoms with van der Waals surface area (Å²) in [5.41, 5.74) is -1.34. The van der Waals surface area contributed by atoms with Crippen molar-refractivity contribution in [3.8, 4) is 11.5 Å². The van der Waals surface area contributed by atoms with E-state index in [4.69, 9.17) is 9.15 Å². The zero-order valence-electron chi connectivity index (χ0n) is 17.2. The summed E-state index contributed by atoms with van der Waals surface area (Å²) < 4.78 is 74.4. The number of anilines is 2. The summed E-state index contributed by atoms with van der Waals surface area (Å²) in [5.74, 6) is -1.10. The van der Waals surface area contributed by atoms with Crippen molar-refractivity contribution in [1.29, 1.82) is 0 Å². The number of furan rings is 1. The third-order valence-corrected chi connectivity index (χ3v) is 5.16. The molecule has 0 radical (unpaired) electrons. The van der Waals surface area contributed by atoms with Crippen molar-refractivity contribution >= 4 is 27.3 Å². The van der Waals surface area contributed by atoms with Crippen LogP contribution < -0.4 is 4.90 Å². The van der Waals surface area contributed by atoms with Crippen LogP contribution in [0.5, 0.6) is 0 Å². The van der Waals surface area contributed by atoms with Crippen LogP contribution in [0.3, 0.4) is 0 Å². The van der Waals surface area contributed by atoms with Gasteiger partial charge in [0.25, 0.3) is 0 Å². The van der Waals surface area contributed by atoms with Gasteiger partial charge < -0.3 is 14.1 Å². The number of benzene rings is 1. The molecule has 0 atom stereocenters. The number of aromatic nitrogens is 2. The molecule has 2 heterocycles. The predicted molar refractivity (Wildman–Crippen MR) is 108 cm³/mol. The average Bonchev–Trinajstić information content (AvgIpc) is 3.26. The third-order valence-electron chi connectivity index (χ3n) is 4.31. The normalized spacial score (nSPS) is 11.9. The molecule has 1 aromatic carbocycles. The lowest BCUT2D eigenvalue weighted by atomic mass is 10.1. The quantitative estimate of drug-likeness (QED) is 0.393. The van der Waals surface area contributed by atoms with E-state index in [9.17, 15) is 26.4 Å². The van der Waals surface area contributed by atoms with Crippen molar-refractivity contribution in [2.75, 3.05) is 24.8 Å². The number of hydrogen-bond acceptors (Lipinski definition) is 8. The smallest absolute Gasteiger partial charge is 0.416 e. The van der Waals surface area contributed by atoms with Crippen LogP contribution in [0, 0.1) is 0 Å². The van der Waals surface area contributed by atoms with Gasteiger partial charge in [0.15, 0.2) is 11.6 Å². The van der Waals surface area contributed by atoms with Crippen LogP contribution >= 0.6 is 0 Å². The zero-order chi connectivity index (χ0) is 23.7. The van der Waals surface area contributed by atoms with Crippen LogP contribution in [0.4, 0.5) is 24.7 Å². The van der Waals surface area contributed by atoms with Gasteiger partial charge in [-0.2, -0.15) is 18.2 Å². The van der Waals surface area contributed by atoms with Gasteiger partial charge in [-0.15, -0.1) is 0 Å². The maximum Gasteiger partial charge on any atom is 0.416 e. The molecule has 0 bridgehead atoms. The van der Waals surface area contributed by atoms with Gasteiger partial charge in [-0.25, -0.2) is 18.2 Å². The number of ether oxygens (including phenoxy) is 1. The molecule has 0 aliphatic rings. The minimum atomic E-state index is -4.61. The highest BCUT2D eigenvalue weighted by Gasteiger charge is 2.32. The highest BCUT2D eigenvalue weighted by atomic mass is 32.2. The van der Waals surface area contributed by atoms with E-state index < -0.39 is 32.7 Å². The fraction of sp³-hybridized carbons (Fsp3) is 0.250. The molecule has 170 valence electrons. The van der Waals surface area contributed by atoms with Crippen molar-refractivity contribution in [3.63, 3.8) is 0 Å². The summed E-state index contributed by atoms with van der Waals surface area (Å²) in [4.78, 5) is 21.9. The topological polar surface area (TPSA) is 103 Å². The SMILES string of the molecule is CCOC(=O)c1c(-c2ccco2)nc(S(C)(=O)=O)nc1N(C)c1cccc(C(F)(F)F)c1. The minimum Gasteiger partial charge on any atom is -0.463 e. The van der Waals surface area contributed by atoms with E-state index in [1.54, 1.807) is 6.92 Å². The molecule has 0 N–H and O–H groups in total. The van der Waals surface area contributed by atoms with Crippen LogP contribution in [-0.2, 0) is 20.8 Å². The van der Waals surface area contributed by atoms with Gasteiger partial charge in [-0.05, 0) is 37.3 Å². The molecule has 0 amide bonds. The largest absolute Gasteiger partial charge is 0.463 e. The zero-order valence-corrected chi connectivity index (χ0v) is 18.0. The molecule has 0 saturated carbocycles. The lowest BCUT2D eigenvalue weighted by molar-refractivity contribution is -0.137. The molecule has 0 fully saturated rings. The Morgan fingerprint density at radius 3 is 2.47 bits per heavy atom. The second-order valence-corrected chi connectivity index (χ2v) is 8.54.